The van der Waals surface area contributed by atoms with Crippen molar-refractivity contribution in [3.05, 3.63) is 34.9 Å². The van der Waals surface area contributed by atoms with E-state index >= 15 is 0 Å². The molecule has 0 saturated carbocycles. The van der Waals surface area contributed by atoms with Gasteiger partial charge in [-0.3, -0.25) is 4.79 Å². The fourth-order valence-electron chi connectivity index (χ4n) is 1.55. The van der Waals surface area contributed by atoms with E-state index in [1.54, 1.807) is 0 Å². The molecular weight excluding hydrogens is 186 g/mol. The standard InChI is InChI=1S/C13H15NO/c1-4-5-12(14)13(15)11-7-9(2)6-10(3)8-11/h1,6-8,12H,5,14H2,2-3H3. The molecule has 0 amide bonds. The Labute approximate surface area is 90.5 Å². The van der Waals surface area contributed by atoms with Gasteiger partial charge in [-0.2, -0.15) is 0 Å². The van der Waals surface area contributed by atoms with Crippen LogP contribution in [0.15, 0.2) is 18.2 Å². The topological polar surface area (TPSA) is 43.1 Å². The first-order chi connectivity index (χ1) is 7.04. The molecule has 0 bridgehead atoms. The summed E-state index contributed by atoms with van der Waals surface area (Å²) in [7, 11) is 0. The Morgan fingerprint density at radius 3 is 2.40 bits per heavy atom. The number of benzene rings is 1. The predicted molar refractivity (Wildman–Crippen MR) is 61.7 cm³/mol. The molecule has 0 aliphatic rings. The van der Waals surface area contributed by atoms with Gasteiger partial charge in [0.25, 0.3) is 0 Å². The summed E-state index contributed by atoms with van der Waals surface area (Å²) in [5.41, 5.74) is 8.44. The van der Waals surface area contributed by atoms with E-state index < -0.39 is 6.04 Å². The van der Waals surface area contributed by atoms with Crippen molar-refractivity contribution in [2.24, 2.45) is 5.73 Å². The molecule has 1 aromatic rings. The highest BCUT2D eigenvalue weighted by atomic mass is 16.1. The third kappa shape index (κ3) is 2.93. The second-order valence-corrected chi connectivity index (χ2v) is 3.76. The molecule has 0 spiro atoms. The number of hydrogen-bond acceptors (Lipinski definition) is 2. The lowest BCUT2D eigenvalue weighted by Gasteiger charge is -2.08. The SMILES string of the molecule is C#CCC(N)C(=O)c1cc(C)cc(C)c1. The van der Waals surface area contributed by atoms with Crippen LogP contribution in [0.2, 0.25) is 0 Å². The van der Waals surface area contributed by atoms with Crippen molar-refractivity contribution < 1.29 is 4.79 Å². The largest absolute Gasteiger partial charge is 0.320 e. The Hall–Kier alpha value is -1.59. The highest BCUT2D eigenvalue weighted by Gasteiger charge is 2.14. The average Bonchev–Trinajstić information content (AvgIpc) is 2.15. The van der Waals surface area contributed by atoms with Crippen molar-refractivity contribution in [2.45, 2.75) is 26.3 Å². The van der Waals surface area contributed by atoms with Gasteiger partial charge in [0.2, 0.25) is 0 Å². The number of ketones is 1. The van der Waals surface area contributed by atoms with Gasteiger partial charge in [-0.1, -0.05) is 17.2 Å². The molecule has 1 aromatic carbocycles. The Morgan fingerprint density at radius 2 is 1.93 bits per heavy atom. The van der Waals surface area contributed by atoms with Gasteiger partial charge in [-0.05, 0) is 26.0 Å². The first-order valence-corrected chi connectivity index (χ1v) is 4.86. The first kappa shape index (κ1) is 11.5. The van der Waals surface area contributed by atoms with E-state index in [-0.39, 0.29) is 12.2 Å². The van der Waals surface area contributed by atoms with Crippen LogP contribution in [0.25, 0.3) is 0 Å². The highest BCUT2D eigenvalue weighted by Crippen LogP contribution is 2.11. The molecule has 15 heavy (non-hydrogen) atoms. The number of aryl methyl sites for hydroxylation is 2. The van der Waals surface area contributed by atoms with Gasteiger partial charge in [-0.15, -0.1) is 12.3 Å². The van der Waals surface area contributed by atoms with Crippen LogP contribution in [0.1, 0.15) is 27.9 Å². The quantitative estimate of drug-likeness (QED) is 0.599. The molecule has 2 N–H and O–H groups in total. The zero-order chi connectivity index (χ0) is 11.4. The monoisotopic (exact) mass is 201 g/mol. The number of Topliss-reactive ketones (excluding diaryl/α,β-unsaturated/α-hetero) is 1. The number of rotatable bonds is 3. The lowest BCUT2D eigenvalue weighted by Crippen LogP contribution is -2.30. The van der Waals surface area contributed by atoms with Gasteiger partial charge in [0.05, 0.1) is 6.04 Å². The van der Waals surface area contributed by atoms with E-state index in [9.17, 15) is 4.79 Å². The van der Waals surface area contributed by atoms with Gasteiger partial charge in [0, 0.05) is 12.0 Å². The second-order valence-electron chi connectivity index (χ2n) is 3.76. The fraction of sp³-hybridized carbons (Fsp3) is 0.308. The first-order valence-electron chi connectivity index (χ1n) is 4.86. The zero-order valence-corrected chi connectivity index (χ0v) is 9.08. The summed E-state index contributed by atoms with van der Waals surface area (Å²) in [6, 6.07) is 5.11. The molecule has 78 valence electrons. The van der Waals surface area contributed by atoms with Crippen molar-refractivity contribution >= 4 is 5.78 Å². The Balaban J connectivity index is 2.97. The van der Waals surface area contributed by atoms with E-state index in [2.05, 4.69) is 5.92 Å². The van der Waals surface area contributed by atoms with E-state index in [1.165, 1.54) is 0 Å². The van der Waals surface area contributed by atoms with Crippen LogP contribution in [-0.2, 0) is 0 Å². The lowest BCUT2D eigenvalue weighted by molar-refractivity contribution is 0.0962. The molecule has 1 rings (SSSR count). The molecular formula is C13H15NO. The normalized spacial score (nSPS) is 11.9. The minimum absolute atomic E-state index is 0.0836. The zero-order valence-electron chi connectivity index (χ0n) is 9.08. The van der Waals surface area contributed by atoms with Crippen LogP contribution in [-0.4, -0.2) is 11.8 Å². The molecule has 2 nitrogen and oxygen atoms in total. The number of hydrogen-bond donors (Lipinski definition) is 1. The molecule has 0 aromatic heterocycles. The number of nitrogens with two attached hydrogens (primary N) is 1. The summed E-state index contributed by atoms with van der Waals surface area (Å²) in [4.78, 5) is 11.8. The molecule has 0 saturated heterocycles. The van der Waals surface area contributed by atoms with Crippen LogP contribution >= 0.6 is 0 Å². The van der Waals surface area contributed by atoms with E-state index in [0.717, 1.165) is 11.1 Å². The Morgan fingerprint density at radius 1 is 1.40 bits per heavy atom. The number of terminal acetylenes is 1. The average molecular weight is 201 g/mol. The van der Waals surface area contributed by atoms with Crippen molar-refractivity contribution in [1.82, 2.24) is 0 Å². The summed E-state index contributed by atoms with van der Waals surface area (Å²) >= 11 is 0. The van der Waals surface area contributed by atoms with Gasteiger partial charge in [0.15, 0.2) is 5.78 Å². The predicted octanol–water partition coefficient (Wildman–Crippen LogP) is 1.84. The Bertz CT molecular complexity index is 395. The maximum Gasteiger partial charge on any atom is 0.180 e. The molecule has 0 heterocycles. The minimum atomic E-state index is -0.587. The summed E-state index contributed by atoms with van der Waals surface area (Å²) in [5, 5.41) is 0. The van der Waals surface area contributed by atoms with Crippen LogP contribution in [0, 0.1) is 26.2 Å². The summed E-state index contributed by atoms with van der Waals surface area (Å²) in [6.45, 7) is 3.91. The number of carbonyl (C=O) groups is 1. The van der Waals surface area contributed by atoms with Gasteiger partial charge >= 0.3 is 0 Å². The van der Waals surface area contributed by atoms with E-state index in [4.69, 9.17) is 12.2 Å². The van der Waals surface area contributed by atoms with Crippen molar-refractivity contribution in [1.29, 1.82) is 0 Å². The van der Waals surface area contributed by atoms with E-state index in [1.807, 2.05) is 32.0 Å². The maximum atomic E-state index is 11.8. The van der Waals surface area contributed by atoms with Crippen LogP contribution in [0.5, 0.6) is 0 Å². The van der Waals surface area contributed by atoms with Gasteiger partial charge < -0.3 is 5.73 Å². The summed E-state index contributed by atoms with van der Waals surface area (Å²) in [5.74, 6) is 2.32. The molecule has 0 radical (unpaired) electrons. The molecule has 2 heteroatoms. The fourth-order valence-corrected chi connectivity index (χ4v) is 1.55. The molecule has 1 atom stereocenters. The minimum Gasteiger partial charge on any atom is -0.320 e. The molecule has 0 aliphatic heterocycles. The van der Waals surface area contributed by atoms with Gasteiger partial charge in [0.1, 0.15) is 0 Å². The van der Waals surface area contributed by atoms with Gasteiger partial charge in [-0.25, -0.2) is 0 Å². The summed E-state index contributed by atoms with van der Waals surface area (Å²) in [6.07, 6.45) is 5.41. The highest BCUT2D eigenvalue weighted by molar-refractivity contribution is 6.00. The maximum absolute atomic E-state index is 11.8. The second kappa shape index (κ2) is 4.77. The van der Waals surface area contributed by atoms with Crippen LogP contribution in [0.3, 0.4) is 0 Å². The third-order valence-corrected chi connectivity index (χ3v) is 2.18. The summed E-state index contributed by atoms with van der Waals surface area (Å²) < 4.78 is 0. The third-order valence-electron chi connectivity index (χ3n) is 2.18. The van der Waals surface area contributed by atoms with Crippen molar-refractivity contribution in [3.63, 3.8) is 0 Å². The van der Waals surface area contributed by atoms with Crippen LogP contribution in [0.4, 0.5) is 0 Å². The number of carbonyl (C=O) groups excluding carboxylic acids is 1. The molecule has 0 aliphatic carbocycles. The Kier molecular flexibility index (Phi) is 3.65. The van der Waals surface area contributed by atoms with Crippen molar-refractivity contribution in [2.75, 3.05) is 0 Å². The molecule has 0 fully saturated rings. The lowest BCUT2D eigenvalue weighted by atomic mass is 9.99. The molecule has 1 unspecified atom stereocenters. The van der Waals surface area contributed by atoms with E-state index in [0.29, 0.717) is 5.56 Å². The van der Waals surface area contributed by atoms with Crippen molar-refractivity contribution in [3.8, 4) is 12.3 Å². The smallest absolute Gasteiger partial charge is 0.180 e. The van der Waals surface area contributed by atoms with Crippen LogP contribution < -0.4 is 5.73 Å².